The lowest BCUT2D eigenvalue weighted by Gasteiger charge is -2.10. The van der Waals surface area contributed by atoms with Crippen molar-refractivity contribution in [2.24, 2.45) is 5.73 Å². The summed E-state index contributed by atoms with van der Waals surface area (Å²) in [6.07, 6.45) is 0. The lowest BCUT2D eigenvalue weighted by atomic mass is 10.2. The number of benzene rings is 1. The molecule has 0 radical (unpaired) electrons. The number of phenolic OH excluding ortho intramolecular Hbond substituents is 1. The zero-order valence-corrected chi connectivity index (χ0v) is 9.71. The Kier molecular flexibility index (Phi) is 4.11. The number of hydrogen-bond donors (Lipinski definition) is 4. The van der Waals surface area contributed by atoms with Crippen molar-refractivity contribution in [2.75, 3.05) is 17.8 Å². The van der Waals surface area contributed by atoms with Crippen molar-refractivity contribution < 1.29 is 13.5 Å². The molecule has 0 amide bonds. The van der Waals surface area contributed by atoms with E-state index in [9.17, 15) is 13.5 Å². The van der Waals surface area contributed by atoms with E-state index in [1.54, 1.807) is 13.0 Å². The molecule has 0 saturated heterocycles. The van der Waals surface area contributed by atoms with Gasteiger partial charge in [0.1, 0.15) is 5.75 Å². The van der Waals surface area contributed by atoms with Crippen LogP contribution in [0.5, 0.6) is 5.75 Å². The van der Waals surface area contributed by atoms with Crippen LogP contribution in [-0.4, -0.2) is 26.6 Å². The number of hydrogen-bond acceptors (Lipinski definition) is 4. The van der Waals surface area contributed by atoms with Crippen molar-refractivity contribution in [3.63, 3.8) is 0 Å². The molecule has 16 heavy (non-hydrogen) atoms. The molecule has 0 saturated carbocycles. The quantitative estimate of drug-likeness (QED) is 0.544. The van der Waals surface area contributed by atoms with Crippen LogP contribution in [0.25, 0.3) is 0 Å². The van der Waals surface area contributed by atoms with E-state index >= 15 is 0 Å². The van der Waals surface area contributed by atoms with Crippen molar-refractivity contribution in [2.45, 2.75) is 6.92 Å². The Balaban J connectivity index is 2.83. The van der Waals surface area contributed by atoms with Crippen molar-refractivity contribution in [3.8, 4) is 5.75 Å². The van der Waals surface area contributed by atoms with Gasteiger partial charge in [0.05, 0.1) is 5.69 Å². The molecule has 5 N–H and O–H groups in total. The van der Waals surface area contributed by atoms with Crippen LogP contribution in [0.2, 0.25) is 0 Å². The fourth-order valence-corrected chi connectivity index (χ4v) is 2.02. The minimum atomic E-state index is -3.68. The van der Waals surface area contributed by atoms with E-state index in [1.807, 2.05) is 0 Å². The molecule has 1 aromatic rings. The number of anilines is 1. The Morgan fingerprint density at radius 3 is 2.75 bits per heavy atom. The SMILES string of the molecule is Cc1ccc(O)c(NS(=O)(=O)NCCN)c1. The molecule has 0 fully saturated rings. The first kappa shape index (κ1) is 12.8. The van der Waals surface area contributed by atoms with Crippen molar-refractivity contribution in [1.29, 1.82) is 0 Å². The number of aryl methyl sites for hydroxylation is 1. The standard InChI is InChI=1S/C9H15N3O3S/c1-7-2-3-9(13)8(6-7)12-16(14,15)11-5-4-10/h2-3,6,11-13H,4-5,10H2,1H3. The van der Waals surface area contributed by atoms with Gasteiger partial charge in [-0.1, -0.05) is 6.07 Å². The molecule has 0 spiro atoms. The molecule has 0 atom stereocenters. The van der Waals surface area contributed by atoms with Gasteiger partial charge in [0.25, 0.3) is 10.2 Å². The Labute approximate surface area is 94.7 Å². The van der Waals surface area contributed by atoms with E-state index in [0.717, 1.165) is 5.56 Å². The maximum absolute atomic E-state index is 11.4. The summed E-state index contributed by atoms with van der Waals surface area (Å²) in [4.78, 5) is 0. The van der Waals surface area contributed by atoms with E-state index in [0.29, 0.717) is 0 Å². The summed E-state index contributed by atoms with van der Waals surface area (Å²) in [5, 5.41) is 9.44. The van der Waals surface area contributed by atoms with E-state index < -0.39 is 10.2 Å². The van der Waals surface area contributed by atoms with Gasteiger partial charge in [0.15, 0.2) is 0 Å². The van der Waals surface area contributed by atoms with Crippen LogP contribution in [0.15, 0.2) is 18.2 Å². The third kappa shape index (κ3) is 3.69. The molecule has 90 valence electrons. The van der Waals surface area contributed by atoms with Gasteiger partial charge >= 0.3 is 0 Å². The predicted molar refractivity (Wildman–Crippen MR) is 62.4 cm³/mol. The average Bonchev–Trinajstić information content (AvgIpc) is 2.20. The average molecular weight is 245 g/mol. The second-order valence-electron chi connectivity index (χ2n) is 3.31. The van der Waals surface area contributed by atoms with Crippen LogP contribution in [-0.2, 0) is 10.2 Å². The monoisotopic (exact) mass is 245 g/mol. The van der Waals surface area contributed by atoms with E-state index in [2.05, 4.69) is 9.44 Å². The summed E-state index contributed by atoms with van der Waals surface area (Å²) in [6.45, 7) is 2.15. The summed E-state index contributed by atoms with van der Waals surface area (Å²) in [5.41, 5.74) is 6.16. The summed E-state index contributed by atoms with van der Waals surface area (Å²) in [6, 6.07) is 4.65. The second-order valence-corrected chi connectivity index (χ2v) is 4.81. The summed E-state index contributed by atoms with van der Waals surface area (Å²) in [5.74, 6) is -0.122. The first-order valence-electron chi connectivity index (χ1n) is 4.72. The van der Waals surface area contributed by atoms with Crippen LogP contribution < -0.4 is 15.2 Å². The fourth-order valence-electron chi connectivity index (χ4n) is 1.11. The predicted octanol–water partition coefficient (Wildman–Crippen LogP) is -0.0944. The fraction of sp³-hybridized carbons (Fsp3) is 0.333. The maximum Gasteiger partial charge on any atom is 0.299 e. The molecular weight excluding hydrogens is 230 g/mol. The Bertz CT molecular complexity index is 459. The lowest BCUT2D eigenvalue weighted by molar-refractivity contribution is 0.477. The van der Waals surface area contributed by atoms with Gasteiger partial charge in [-0.3, -0.25) is 4.72 Å². The van der Waals surface area contributed by atoms with Crippen LogP contribution in [0.4, 0.5) is 5.69 Å². The van der Waals surface area contributed by atoms with Crippen molar-refractivity contribution >= 4 is 15.9 Å². The second kappa shape index (κ2) is 5.15. The van der Waals surface area contributed by atoms with Gasteiger partial charge in [-0.15, -0.1) is 0 Å². The first-order valence-corrected chi connectivity index (χ1v) is 6.20. The maximum atomic E-state index is 11.4. The van der Waals surface area contributed by atoms with E-state index in [1.165, 1.54) is 12.1 Å². The molecule has 1 aromatic carbocycles. The molecule has 0 aliphatic carbocycles. The van der Waals surface area contributed by atoms with Crippen LogP contribution in [0, 0.1) is 6.92 Å². The number of phenols is 1. The zero-order valence-electron chi connectivity index (χ0n) is 8.90. The highest BCUT2D eigenvalue weighted by Gasteiger charge is 2.11. The molecule has 0 aliphatic heterocycles. The lowest BCUT2D eigenvalue weighted by Crippen LogP contribution is -2.33. The minimum absolute atomic E-state index is 0.122. The summed E-state index contributed by atoms with van der Waals surface area (Å²) < 4.78 is 27.3. The number of nitrogens with two attached hydrogens (primary N) is 1. The van der Waals surface area contributed by atoms with Crippen molar-refractivity contribution in [3.05, 3.63) is 23.8 Å². The highest BCUT2D eigenvalue weighted by atomic mass is 32.2. The number of rotatable bonds is 5. The molecule has 0 bridgehead atoms. The van der Waals surface area contributed by atoms with E-state index in [-0.39, 0.29) is 24.5 Å². The van der Waals surface area contributed by atoms with Crippen LogP contribution >= 0.6 is 0 Å². The number of nitrogens with one attached hydrogen (secondary N) is 2. The van der Waals surface area contributed by atoms with Gasteiger partial charge < -0.3 is 10.8 Å². The Hall–Kier alpha value is -1.31. The molecule has 1 rings (SSSR count). The largest absolute Gasteiger partial charge is 0.506 e. The normalized spacial score (nSPS) is 11.4. The van der Waals surface area contributed by atoms with Crippen LogP contribution in [0.3, 0.4) is 0 Å². The van der Waals surface area contributed by atoms with Gasteiger partial charge in [0.2, 0.25) is 0 Å². The Morgan fingerprint density at radius 1 is 1.44 bits per heavy atom. The minimum Gasteiger partial charge on any atom is -0.506 e. The third-order valence-corrected chi connectivity index (χ3v) is 2.91. The molecule has 0 heterocycles. The molecule has 0 unspecified atom stereocenters. The molecule has 0 aromatic heterocycles. The highest BCUT2D eigenvalue weighted by Crippen LogP contribution is 2.24. The smallest absolute Gasteiger partial charge is 0.299 e. The molecule has 0 aliphatic rings. The van der Waals surface area contributed by atoms with Gasteiger partial charge in [-0.25, -0.2) is 0 Å². The molecule has 7 heteroatoms. The van der Waals surface area contributed by atoms with Crippen molar-refractivity contribution in [1.82, 2.24) is 4.72 Å². The van der Waals surface area contributed by atoms with Gasteiger partial charge in [0, 0.05) is 13.1 Å². The summed E-state index contributed by atoms with van der Waals surface area (Å²) >= 11 is 0. The van der Waals surface area contributed by atoms with E-state index in [4.69, 9.17) is 5.73 Å². The Morgan fingerprint density at radius 2 is 2.12 bits per heavy atom. The number of aromatic hydroxyl groups is 1. The molecule has 6 nitrogen and oxygen atoms in total. The van der Waals surface area contributed by atoms with Crippen LogP contribution in [0.1, 0.15) is 5.56 Å². The zero-order chi connectivity index (χ0) is 12.2. The summed E-state index contributed by atoms with van der Waals surface area (Å²) in [7, 11) is -3.68. The third-order valence-electron chi connectivity index (χ3n) is 1.83. The first-order chi connectivity index (χ1) is 7.44. The van der Waals surface area contributed by atoms with Gasteiger partial charge in [-0.2, -0.15) is 13.1 Å². The molecular formula is C9H15N3O3S. The topological polar surface area (TPSA) is 104 Å². The highest BCUT2D eigenvalue weighted by molar-refractivity contribution is 7.90. The van der Waals surface area contributed by atoms with Gasteiger partial charge in [-0.05, 0) is 24.6 Å².